The summed E-state index contributed by atoms with van der Waals surface area (Å²) in [4.78, 5) is 2.59. The molecule has 0 radical (unpaired) electrons. The fraction of sp³-hybridized carbons (Fsp3) is 1.00. The van der Waals surface area contributed by atoms with E-state index in [1.165, 1.54) is 17.9 Å². The van der Waals surface area contributed by atoms with Gasteiger partial charge in [0.05, 0.1) is 13.2 Å². The Morgan fingerprint density at radius 1 is 1.27 bits per heavy atom. The van der Waals surface area contributed by atoms with Gasteiger partial charge in [0.1, 0.15) is 0 Å². The van der Waals surface area contributed by atoms with E-state index in [0.717, 1.165) is 32.3 Å². The molecule has 2 saturated heterocycles. The first-order chi connectivity index (χ1) is 5.47. The number of rotatable bonds is 1. The first kappa shape index (κ1) is 7.90. The maximum atomic E-state index is 5.31. The van der Waals surface area contributed by atoms with Gasteiger partial charge in [-0.3, -0.25) is 4.90 Å². The summed E-state index contributed by atoms with van der Waals surface area (Å²) in [5, 5.41) is 0. The number of morpholine rings is 1. The van der Waals surface area contributed by atoms with Gasteiger partial charge >= 0.3 is 0 Å². The highest BCUT2D eigenvalue weighted by molar-refractivity contribution is 7.99. The minimum Gasteiger partial charge on any atom is -0.379 e. The Balaban J connectivity index is 1.82. The van der Waals surface area contributed by atoms with Crippen LogP contribution in [0.2, 0.25) is 0 Å². The van der Waals surface area contributed by atoms with E-state index in [0.29, 0.717) is 0 Å². The summed E-state index contributed by atoms with van der Waals surface area (Å²) in [6.45, 7) is 4.21. The van der Waals surface area contributed by atoms with Gasteiger partial charge < -0.3 is 4.74 Å². The molecule has 2 heterocycles. The monoisotopic (exact) mass is 173 g/mol. The van der Waals surface area contributed by atoms with Crippen molar-refractivity contribution in [1.29, 1.82) is 0 Å². The van der Waals surface area contributed by atoms with Gasteiger partial charge in [0.2, 0.25) is 0 Å². The number of hydrogen-bond donors (Lipinski definition) is 0. The topological polar surface area (TPSA) is 12.5 Å². The second-order valence-corrected chi connectivity index (χ2v) is 4.32. The molecule has 2 nitrogen and oxygen atoms in total. The molecular weight excluding hydrogens is 158 g/mol. The molecule has 2 rings (SSSR count). The molecule has 0 unspecified atom stereocenters. The largest absolute Gasteiger partial charge is 0.379 e. The highest BCUT2D eigenvalue weighted by Crippen LogP contribution is 2.22. The van der Waals surface area contributed by atoms with Crippen LogP contribution in [-0.4, -0.2) is 48.8 Å². The second kappa shape index (κ2) is 3.78. The molecule has 11 heavy (non-hydrogen) atoms. The molecule has 0 bridgehead atoms. The second-order valence-electron chi connectivity index (χ2n) is 3.17. The zero-order valence-electron chi connectivity index (χ0n) is 6.79. The van der Waals surface area contributed by atoms with Crippen LogP contribution in [0.5, 0.6) is 0 Å². The van der Waals surface area contributed by atoms with Crippen molar-refractivity contribution in [2.24, 2.45) is 0 Å². The van der Waals surface area contributed by atoms with Crippen LogP contribution in [0.15, 0.2) is 0 Å². The number of hydrogen-bond acceptors (Lipinski definition) is 3. The Hall–Kier alpha value is 0.270. The van der Waals surface area contributed by atoms with Crippen LogP contribution in [0.25, 0.3) is 0 Å². The normalized spacial score (nSPS) is 34.4. The van der Waals surface area contributed by atoms with Crippen molar-refractivity contribution in [2.45, 2.75) is 12.5 Å². The Kier molecular flexibility index (Phi) is 2.72. The van der Waals surface area contributed by atoms with Crippen molar-refractivity contribution in [2.75, 3.05) is 37.8 Å². The molecule has 1 atom stereocenters. The third kappa shape index (κ3) is 1.89. The van der Waals surface area contributed by atoms with Gasteiger partial charge in [0, 0.05) is 24.9 Å². The van der Waals surface area contributed by atoms with Gasteiger partial charge in [0.15, 0.2) is 0 Å². The van der Waals surface area contributed by atoms with Crippen molar-refractivity contribution >= 4 is 11.8 Å². The average molecular weight is 173 g/mol. The Labute approximate surface area is 72.3 Å². The van der Waals surface area contributed by atoms with E-state index in [1.54, 1.807) is 0 Å². The molecule has 0 aromatic rings. The van der Waals surface area contributed by atoms with E-state index < -0.39 is 0 Å². The van der Waals surface area contributed by atoms with Crippen molar-refractivity contribution < 1.29 is 4.74 Å². The molecule has 2 fully saturated rings. The van der Waals surface area contributed by atoms with Crippen LogP contribution in [0, 0.1) is 0 Å². The molecule has 0 aromatic heterocycles. The van der Waals surface area contributed by atoms with Crippen molar-refractivity contribution in [3.63, 3.8) is 0 Å². The molecule has 0 aromatic carbocycles. The molecule has 3 heteroatoms. The summed E-state index contributed by atoms with van der Waals surface area (Å²) in [7, 11) is 0. The molecule has 2 aliphatic heterocycles. The van der Waals surface area contributed by atoms with E-state index in [9.17, 15) is 0 Å². The van der Waals surface area contributed by atoms with Gasteiger partial charge in [-0.1, -0.05) is 0 Å². The fourth-order valence-electron chi connectivity index (χ4n) is 1.75. The lowest BCUT2D eigenvalue weighted by Crippen LogP contribution is -2.43. The molecule has 0 aliphatic carbocycles. The fourth-order valence-corrected chi connectivity index (χ4v) is 3.01. The molecule has 0 amide bonds. The first-order valence-corrected chi connectivity index (χ1v) is 5.52. The Morgan fingerprint density at radius 3 is 2.73 bits per heavy atom. The summed E-state index contributed by atoms with van der Waals surface area (Å²) in [5.41, 5.74) is 0. The van der Waals surface area contributed by atoms with Crippen LogP contribution in [-0.2, 0) is 4.74 Å². The first-order valence-electron chi connectivity index (χ1n) is 4.36. The molecule has 0 N–H and O–H groups in total. The van der Waals surface area contributed by atoms with E-state index in [2.05, 4.69) is 16.7 Å². The molecule has 0 spiro atoms. The highest BCUT2D eigenvalue weighted by atomic mass is 32.2. The number of thioether (sulfide) groups is 1. The smallest absolute Gasteiger partial charge is 0.0594 e. The maximum absolute atomic E-state index is 5.31. The highest BCUT2D eigenvalue weighted by Gasteiger charge is 2.23. The zero-order chi connectivity index (χ0) is 7.52. The summed E-state index contributed by atoms with van der Waals surface area (Å²) in [6.07, 6.45) is 1.39. The summed E-state index contributed by atoms with van der Waals surface area (Å²) in [6, 6.07) is 0.865. The number of ether oxygens (including phenoxy) is 1. The van der Waals surface area contributed by atoms with Crippen LogP contribution in [0.1, 0.15) is 6.42 Å². The Morgan fingerprint density at radius 2 is 2.09 bits per heavy atom. The van der Waals surface area contributed by atoms with Gasteiger partial charge in [-0.05, 0) is 12.2 Å². The van der Waals surface area contributed by atoms with E-state index in [1.807, 2.05) is 0 Å². The average Bonchev–Trinajstić information content (AvgIpc) is 2.58. The minimum atomic E-state index is 0.865. The summed E-state index contributed by atoms with van der Waals surface area (Å²) in [5.74, 6) is 2.71. The van der Waals surface area contributed by atoms with Gasteiger partial charge in [-0.15, -0.1) is 0 Å². The van der Waals surface area contributed by atoms with E-state index in [4.69, 9.17) is 4.74 Å². The van der Waals surface area contributed by atoms with E-state index >= 15 is 0 Å². The zero-order valence-corrected chi connectivity index (χ0v) is 7.61. The van der Waals surface area contributed by atoms with Crippen LogP contribution in [0.3, 0.4) is 0 Å². The van der Waals surface area contributed by atoms with Crippen molar-refractivity contribution in [1.82, 2.24) is 4.90 Å². The van der Waals surface area contributed by atoms with E-state index in [-0.39, 0.29) is 0 Å². The maximum Gasteiger partial charge on any atom is 0.0594 e. The quantitative estimate of drug-likeness (QED) is 0.582. The predicted molar refractivity (Wildman–Crippen MR) is 48.1 cm³/mol. The van der Waals surface area contributed by atoms with Crippen LogP contribution < -0.4 is 0 Å². The summed E-state index contributed by atoms with van der Waals surface area (Å²) < 4.78 is 5.31. The standard InChI is InChI=1S/C8H15NOS/c1-6-11-7-8(1)9-2-4-10-5-3-9/h8H,1-7H2/t8-/m0/s1. The third-order valence-electron chi connectivity index (χ3n) is 2.47. The molecule has 2 aliphatic rings. The SMILES string of the molecule is C1CN([C@H]2CCSC2)CCO1. The minimum absolute atomic E-state index is 0.865. The molecule has 0 saturated carbocycles. The lowest BCUT2D eigenvalue weighted by molar-refractivity contribution is 0.0218. The van der Waals surface area contributed by atoms with Gasteiger partial charge in [-0.25, -0.2) is 0 Å². The van der Waals surface area contributed by atoms with Crippen molar-refractivity contribution in [3.05, 3.63) is 0 Å². The molecular formula is C8H15NOS. The Bertz CT molecular complexity index is 119. The van der Waals surface area contributed by atoms with Gasteiger partial charge in [0.25, 0.3) is 0 Å². The van der Waals surface area contributed by atoms with Crippen LogP contribution in [0.4, 0.5) is 0 Å². The van der Waals surface area contributed by atoms with Crippen molar-refractivity contribution in [3.8, 4) is 0 Å². The predicted octanol–water partition coefficient (Wildman–Crippen LogP) is 0.824. The van der Waals surface area contributed by atoms with Crippen LogP contribution >= 0.6 is 11.8 Å². The molecule has 64 valence electrons. The number of nitrogens with zero attached hydrogens (tertiary/aromatic N) is 1. The summed E-state index contributed by atoms with van der Waals surface area (Å²) >= 11 is 2.09. The van der Waals surface area contributed by atoms with Gasteiger partial charge in [-0.2, -0.15) is 11.8 Å². The lowest BCUT2D eigenvalue weighted by atomic mass is 10.2. The lowest BCUT2D eigenvalue weighted by Gasteiger charge is -2.31. The third-order valence-corrected chi connectivity index (χ3v) is 3.61.